The summed E-state index contributed by atoms with van der Waals surface area (Å²) in [6.45, 7) is 0.953. The number of sulfone groups is 1. The quantitative estimate of drug-likeness (QED) is 0.591. The van der Waals surface area contributed by atoms with Gasteiger partial charge in [-0.25, -0.2) is 8.42 Å². The highest BCUT2D eigenvalue weighted by Crippen LogP contribution is 2.23. The lowest BCUT2D eigenvalue weighted by molar-refractivity contribution is -0.125. The second kappa shape index (κ2) is 6.87. The Morgan fingerprint density at radius 3 is 2.40 bits per heavy atom. The molecule has 2 rings (SSSR count). The zero-order valence-corrected chi connectivity index (χ0v) is 12.5. The van der Waals surface area contributed by atoms with Gasteiger partial charge in [-0.05, 0) is 12.8 Å². The highest BCUT2D eigenvalue weighted by Gasteiger charge is 2.35. The number of rotatable bonds is 5. The van der Waals surface area contributed by atoms with Crippen LogP contribution in [0.1, 0.15) is 32.1 Å². The first-order valence-electron chi connectivity index (χ1n) is 7.37. The monoisotopic (exact) mass is 304 g/mol. The van der Waals surface area contributed by atoms with Crippen molar-refractivity contribution in [1.82, 2.24) is 10.6 Å². The van der Waals surface area contributed by atoms with E-state index in [4.69, 9.17) is 0 Å². The Labute approximate surface area is 120 Å². The fourth-order valence-electron chi connectivity index (χ4n) is 2.98. The van der Waals surface area contributed by atoms with Crippen LogP contribution in [0.3, 0.4) is 0 Å². The molecule has 0 bridgehead atoms. The number of hydrogen-bond donors (Lipinski definition) is 3. The van der Waals surface area contributed by atoms with Crippen molar-refractivity contribution in [2.75, 3.05) is 24.6 Å². The summed E-state index contributed by atoms with van der Waals surface area (Å²) < 4.78 is 22.7. The molecule has 1 saturated heterocycles. The average molecular weight is 304 g/mol. The molecule has 2 atom stereocenters. The molecule has 116 valence electrons. The summed E-state index contributed by atoms with van der Waals surface area (Å²) in [6.07, 6.45) is 4.58. The second-order valence-corrected chi connectivity index (χ2v) is 7.98. The van der Waals surface area contributed by atoms with Gasteiger partial charge in [-0.3, -0.25) is 4.79 Å². The number of aliphatic hydroxyl groups is 1. The predicted molar refractivity (Wildman–Crippen MR) is 76.0 cm³/mol. The van der Waals surface area contributed by atoms with E-state index in [1.807, 2.05) is 0 Å². The van der Waals surface area contributed by atoms with Crippen LogP contribution in [0.2, 0.25) is 0 Å². The van der Waals surface area contributed by atoms with Crippen molar-refractivity contribution >= 4 is 15.7 Å². The van der Waals surface area contributed by atoms with Crippen molar-refractivity contribution < 1.29 is 18.3 Å². The largest absolute Gasteiger partial charge is 0.390 e. The van der Waals surface area contributed by atoms with E-state index in [0.29, 0.717) is 13.1 Å². The third kappa shape index (κ3) is 4.43. The summed E-state index contributed by atoms with van der Waals surface area (Å²) in [5.74, 6) is 0.0522. The SMILES string of the molecule is O=C(NCCNC1CS(=O)(=O)CC1O)C1CCCCC1. The zero-order valence-electron chi connectivity index (χ0n) is 11.7. The molecule has 1 heterocycles. The highest BCUT2D eigenvalue weighted by atomic mass is 32.2. The maximum atomic E-state index is 11.9. The van der Waals surface area contributed by atoms with Gasteiger partial charge in [0.2, 0.25) is 5.91 Å². The minimum Gasteiger partial charge on any atom is -0.390 e. The van der Waals surface area contributed by atoms with E-state index in [9.17, 15) is 18.3 Å². The normalized spacial score (nSPS) is 30.2. The van der Waals surface area contributed by atoms with Crippen LogP contribution in [0.15, 0.2) is 0 Å². The van der Waals surface area contributed by atoms with Crippen LogP contribution in [0.4, 0.5) is 0 Å². The molecule has 2 unspecified atom stereocenters. The van der Waals surface area contributed by atoms with Gasteiger partial charge in [-0.1, -0.05) is 19.3 Å². The molecule has 2 fully saturated rings. The summed E-state index contributed by atoms with van der Waals surface area (Å²) in [4.78, 5) is 11.9. The highest BCUT2D eigenvalue weighted by molar-refractivity contribution is 7.91. The van der Waals surface area contributed by atoms with Crippen molar-refractivity contribution in [1.29, 1.82) is 0 Å². The molecule has 0 aromatic heterocycles. The van der Waals surface area contributed by atoms with Crippen molar-refractivity contribution in [2.45, 2.75) is 44.2 Å². The summed E-state index contributed by atoms with van der Waals surface area (Å²) in [6, 6.07) is -0.411. The van der Waals surface area contributed by atoms with Crippen LogP contribution in [0.5, 0.6) is 0 Å². The maximum absolute atomic E-state index is 11.9. The summed E-state index contributed by atoms with van der Waals surface area (Å²) in [5.41, 5.74) is 0. The van der Waals surface area contributed by atoms with Gasteiger partial charge in [0.25, 0.3) is 0 Å². The van der Waals surface area contributed by atoms with Gasteiger partial charge in [0.1, 0.15) is 0 Å². The number of aliphatic hydroxyl groups excluding tert-OH is 1. The molecule has 0 spiro atoms. The lowest BCUT2D eigenvalue weighted by Crippen LogP contribution is -2.43. The van der Waals surface area contributed by atoms with Crippen LogP contribution >= 0.6 is 0 Å². The topological polar surface area (TPSA) is 95.5 Å². The molecular weight excluding hydrogens is 280 g/mol. The molecule has 0 aromatic carbocycles. The summed E-state index contributed by atoms with van der Waals surface area (Å²) >= 11 is 0. The molecule has 0 aromatic rings. The van der Waals surface area contributed by atoms with Crippen LogP contribution in [0.25, 0.3) is 0 Å². The van der Waals surface area contributed by atoms with E-state index in [0.717, 1.165) is 25.7 Å². The average Bonchev–Trinajstić information content (AvgIpc) is 2.68. The van der Waals surface area contributed by atoms with Crippen molar-refractivity contribution in [3.63, 3.8) is 0 Å². The molecule has 7 heteroatoms. The van der Waals surface area contributed by atoms with Crippen molar-refractivity contribution in [2.24, 2.45) is 5.92 Å². The molecule has 6 nitrogen and oxygen atoms in total. The van der Waals surface area contributed by atoms with Crippen LogP contribution in [-0.2, 0) is 14.6 Å². The first-order chi connectivity index (χ1) is 9.48. The number of nitrogens with one attached hydrogen (secondary N) is 2. The van der Waals surface area contributed by atoms with Crippen LogP contribution in [0, 0.1) is 5.92 Å². The molecular formula is C13H24N2O4S. The summed E-state index contributed by atoms with van der Waals surface area (Å²) in [5, 5.41) is 15.5. The number of amides is 1. The standard InChI is InChI=1S/C13H24N2O4S/c16-12-9-20(18,19)8-11(12)14-6-7-15-13(17)10-4-2-1-3-5-10/h10-12,14,16H,1-9H2,(H,15,17). The molecule has 0 radical (unpaired) electrons. The Hall–Kier alpha value is -0.660. The Kier molecular flexibility index (Phi) is 5.40. The fraction of sp³-hybridized carbons (Fsp3) is 0.923. The van der Waals surface area contributed by atoms with Crippen LogP contribution < -0.4 is 10.6 Å². The lowest BCUT2D eigenvalue weighted by atomic mass is 9.89. The van der Waals surface area contributed by atoms with Crippen molar-refractivity contribution in [3.8, 4) is 0 Å². The van der Waals surface area contributed by atoms with Gasteiger partial charge < -0.3 is 15.7 Å². The van der Waals surface area contributed by atoms with E-state index in [2.05, 4.69) is 10.6 Å². The first kappa shape index (κ1) is 15.7. The minimum atomic E-state index is -3.12. The molecule has 3 N–H and O–H groups in total. The molecule has 20 heavy (non-hydrogen) atoms. The second-order valence-electron chi connectivity index (χ2n) is 5.83. The van der Waals surface area contributed by atoms with Gasteiger partial charge in [0.15, 0.2) is 9.84 Å². The Bertz CT molecular complexity index is 432. The lowest BCUT2D eigenvalue weighted by Gasteiger charge is -2.21. The third-order valence-corrected chi connectivity index (χ3v) is 5.85. The van der Waals surface area contributed by atoms with Gasteiger partial charge in [0.05, 0.1) is 17.6 Å². The van der Waals surface area contributed by atoms with E-state index >= 15 is 0 Å². The number of carbonyl (C=O) groups is 1. The third-order valence-electron chi connectivity index (χ3n) is 4.13. The zero-order chi connectivity index (χ0) is 14.6. The van der Waals surface area contributed by atoms with E-state index in [1.165, 1.54) is 6.42 Å². The number of carbonyl (C=O) groups excluding carboxylic acids is 1. The smallest absolute Gasteiger partial charge is 0.223 e. The van der Waals surface area contributed by atoms with Gasteiger partial charge in [-0.2, -0.15) is 0 Å². The van der Waals surface area contributed by atoms with Gasteiger partial charge in [0, 0.05) is 25.0 Å². The van der Waals surface area contributed by atoms with E-state index in [1.54, 1.807) is 0 Å². The molecule has 1 aliphatic heterocycles. The Morgan fingerprint density at radius 1 is 1.10 bits per heavy atom. The molecule has 1 amide bonds. The Balaban J connectivity index is 1.63. The Morgan fingerprint density at radius 2 is 1.80 bits per heavy atom. The van der Waals surface area contributed by atoms with Gasteiger partial charge in [-0.15, -0.1) is 0 Å². The van der Waals surface area contributed by atoms with E-state index < -0.39 is 22.0 Å². The first-order valence-corrected chi connectivity index (χ1v) is 9.20. The molecule has 1 saturated carbocycles. The van der Waals surface area contributed by atoms with Crippen LogP contribution in [-0.4, -0.2) is 56.2 Å². The molecule has 2 aliphatic rings. The minimum absolute atomic E-state index is 0.0231. The van der Waals surface area contributed by atoms with E-state index in [-0.39, 0.29) is 23.3 Å². The summed E-state index contributed by atoms with van der Waals surface area (Å²) in [7, 11) is -3.12. The fourth-order valence-corrected chi connectivity index (χ4v) is 4.75. The number of hydrogen-bond acceptors (Lipinski definition) is 5. The maximum Gasteiger partial charge on any atom is 0.223 e. The predicted octanol–water partition coefficient (Wildman–Crippen LogP) is -0.570. The van der Waals surface area contributed by atoms with Gasteiger partial charge >= 0.3 is 0 Å². The van der Waals surface area contributed by atoms with Crippen molar-refractivity contribution in [3.05, 3.63) is 0 Å². The molecule has 1 aliphatic carbocycles.